The van der Waals surface area contributed by atoms with E-state index in [0.29, 0.717) is 75.3 Å². The summed E-state index contributed by atoms with van der Waals surface area (Å²) in [6, 6.07) is 25.8. The van der Waals surface area contributed by atoms with Gasteiger partial charge in [0.25, 0.3) is 0 Å². The first-order chi connectivity index (χ1) is 67.0. The molecule has 13 saturated carbocycles. The second kappa shape index (κ2) is 55.3. The first-order valence-corrected chi connectivity index (χ1v) is 55.8. The molecule has 3 aromatic carbocycles. The lowest BCUT2D eigenvalue weighted by molar-refractivity contribution is -0.149. The van der Waals surface area contributed by atoms with Gasteiger partial charge in [0.15, 0.2) is 0 Å². The lowest BCUT2D eigenvalue weighted by atomic mass is 9.62. The van der Waals surface area contributed by atoms with Gasteiger partial charge in [-0.3, -0.25) is 24.0 Å². The highest BCUT2D eigenvalue weighted by Gasteiger charge is 2.48. The normalized spacial score (nSPS) is 26.5. The average Bonchev–Trinajstić information content (AvgIpc) is 1.71. The number of benzene rings is 3. The number of methoxy groups -OCH3 is 3. The van der Waals surface area contributed by atoms with Gasteiger partial charge in [-0.1, -0.05) is 246 Å². The number of carbonyl (C=O) groups is 7. The molecular weight excluding hydrogens is 1720 g/mol. The molecule has 17 nitrogen and oxygen atoms in total. The highest BCUT2D eigenvalue weighted by atomic mass is 16.6. The van der Waals surface area contributed by atoms with Gasteiger partial charge in [-0.15, -0.1) is 11.8 Å². The van der Waals surface area contributed by atoms with E-state index in [1.54, 1.807) is 13.8 Å². The van der Waals surface area contributed by atoms with E-state index in [1.807, 2.05) is 78.9 Å². The number of amides is 2. The summed E-state index contributed by atoms with van der Waals surface area (Å²) >= 11 is 0. The van der Waals surface area contributed by atoms with Crippen molar-refractivity contribution in [1.82, 2.24) is 4.90 Å². The summed E-state index contributed by atoms with van der Waals surface area (Å²) in [5.41, 5.74) is 7.67. The van der Waals surface area contributed by atoms with Crippen LogP contribution in [0.2, 0.25) is 0 Å². The van der Waals surface area contributed by atoms with Gasteiger partial charge in [0, 0.05) is 18.1 Å². The van der Waals surface area contributed by atoms with Gasteiger partial charge < -0.3 is 43.7 Å². The summed E-state index contributed by atoms with van der Waals surface area (Å²) in [6.07, 6.45) is 83.4. The van der Waals surface area contributed by atoms with Crippen molar-refractivity contribution in [2.75, 3.05) is 47.8 Å². The van der Waals surface area contributed by atoms with Crippen LogP contribution >= 0.6 is 0 Å². The average molecular weight is 1900 g/mol. The monoisotopic (exact) mass is 1900 g/mol. The molecule has 1 saturated heterocycles. The molecule has 138 heavy (non-hydrogen) atoms. The number of aliphatic carboxylic acids is 2. The number of ether oxygens (including phenoxy) is 6. The fraction of sp³-hybridized carbons (Fsp3) is 0.744. The number of hydrogen-bond donors (Lipinski definition) is 3. The maximum Gasteiger partial charge on any atom is 0.416 e. The van der Waals surface area contributed by atoms with Crippen molar-refractivity contribution >= 4 is 41.8 Å². The molecule has 764 valence electrons. The minimum absolute atomic E-state index is 0.00854. The Morgan fingerprint density at radius 3 is 1.18 bits per heavy atom. The predicted octanol–water partition coefficient (Wildman–Crippen LogP) is 29.2. The zero-order valence-electron chi connectivity index (χ0n) is 86.2. The van der Waals surface area contributed by atoms with Gasteiger partial charge in [0.1, 0.15) is 18.1 Å². The van der Waals surface area contributed by atoms with Crippen molar-refractivity contribution in [3.05, 3.63) is 107 Å². The van der Waals surface area contributed by atoms with Crippen LogP contribution in [0.5, 0.6) is 11.5 Å². The number of rotatable bonds is 19. The van der Waals surface area contributed by atoms with Crippen LogP contribution in [0.4, 0.5) is 4.79 Å². The molecule has 1 heterocycles. The fourth-order valence-corrected chi connectivity index (χ4v) is 29.3. The second-order valence-corrected chi connectivity index (χ2v) is 46.3. The number of hydrogen-bond acceptors (Lipinski definition) is 14. The SMILES string of the molecule is CC#C[C@@H](CC(=O)O)c1ccc(OCC2CCCC3(CCCCC3)C2)cc1.CC#C[C@@H](CC(=O)OC)c1ccc(OCC2CCCC3(CCCCC3)C2)cc1.COC(=O)C1=CCCC2(CCCCC2)C1.COC(=O)C1CCCC2(CCCCC2)C1.O=C(O)C1CCCC2(CCCCC2)C1.O=C1OC[C@@H](Cc2ccccc2)N1C(=O)C1CCCC2(CCCCC2)C1.OCC1CCCC2(CCCCC2)C1. The number of nitrogens with zero attached hydrogens (tertiary/aromatic N) is 1. The number of aliphatic hydroxyl groups excluding tert-OH is 1. The molecule has 0 aromatic heterocycles. The van der Waals surface area contributed by atoms with Crippen LogP contribution in [0.15, 0.2) is 90.5 Å². The largest absolute Gasteiger partial charge is 0.493 e. The van der Waals surface area contributed by atoms with Crippen molar-refractivity contribution in [2.45, 2.75) is 449 Å². The van der Waals surface area contributed by atoms with Gasteiger partial charge in [0.2, 0.25) is 5.91 Å². The molecule has 0 radical (unpaired) electrons. The summed E-state index contributed by atoms with van der Waals surface area (Å²) in [5, 5.41) is 27.3. The summed E-state index contributed by atoms with van der Waals surface area (Å²) in [6.45, 7) is 5.91. The lowest BCUT2D eigenvalue weighted by Crippen LogP contribution is -2.46. The van der Waals surface area contributed by atoms with Gasteiger partial charge in [-0.05, 0) is 342 Å². The number of esters is 3. The molecule has 18 rings (SSSR count). The van der Waals surface area contributed by atoms with Crippen LogP contribution in [0, 0.1) is 97.1 Å². The zero-order valence-corrected chi connectivity index (χ0v) is 86.2. The fourth-order valence-electron chi connectivity index (χ4n) is 29.3. The number of carboxylic acid groups (broad SMARTS) is 2. The third-order valence-electron chi connectivity index (χ3n) is 36.6. The van der Waals surface area contributed by atoms with E-state index >= 15 is 0 Å². The van der Waals surface area contributed by atoms with Gasteiger partial charge in [-0.25, -0.2) is 14.5 Å². The van der Waals surface area contributed by atoms with Crippen LogP contribution in [-0.4, -0.2) is 116 Å². The Labute approximate surface area is 831 Å². The number of cyclic esters (lactones) is 1. The lowest BCUT2D eigenvalue weighted by Gasteiger charge is -2.44. The predicted molar refractivity (Wildman–Crippen MR) is 548 cm³/mol. The Balaban J connectivity index is 0.000000147. The number of allylic oxidation sites excluding steroid dienone is 1. The maximum atomic E-state index is 13.3. The van der Waals surface area contributed by atoms with Crippen molar-refractivity contribution in [3.63, 3.8) is 0 Å². The molecule has 9 atom stereocenters. The molecular formula is C121H179NO16. The highest BCUT2D eigenvalue weighted by molar-refractivity contribution is 5.95. The molecule has 14 fully saturated rings. The van der Waals surface area contributed by atoms with E-state index in [-0.39, 0.29) is 72.3 Å². The Bertz CT molecular complexity index is 4330. The van der Waals surface area contributed by atoms with Gasteiger partial charge in [0.05, 0.1) is 77.1 Å². The van der Waals surface area contributed by atoms with Crippen molar-refractivity contribution < 1.29 is 77.3 Å². The summed E-state index contributed by atoms with van der Waals surface area (Å²) in [5.74, 6) is 13.7. The first-order valence-electron chi connectivity index (χ1n) is 55.8. The third kappa shape index (κ3) is 33.0. The Hall–Kier alpha value is -7.63. The topological polar surface area (TPSA) is 239 Å². The van der Waals surface area contributed by atoms with Crippen LogP contribution < -0.4 is 9.47 Å². The standard InChI is InChI=1S/C25H34O3.C24H32O3.C22H29NO3.C13H22O2.C13H20O2.C12H20O2.C12H22O/c1-3-8-22(17-24(26)27-2)21-10-12-23(13-11-21)28-19-20-9-7-16-25(18-20)14-5-4-6-15-25;1-2-7-21(16-23(25)26)20-9-11-22(12-10-20)27-18-19-8-6-15-24(17-19)13-4-3-5-14-24;24-20(18-10-7-13-22(15-18)11-5-2-6-12-22)23-19(16-26-21(23)25)14-17-8-3-1-4-9-17;2*1-15-12(14)11-6-5-9-13(10-11)7-3-2-4-8-13;13-11(14)10-5-4-8-12(9-10)6-2-1-3-7-12;13-10-11-5-4-8-12(9-11)6-2-1-3-7-12/h10-13,20,22H,4-7,9,14-19H2,1-2H3;9-12,19,21H,3-6,8,13-18H2,1H3,(H,25,26);1,3-4,8-9,18-19H,2,5-7,10-16H2;11H,2-10H2,1H3;6H,2-5,7-10H2,1H3;10H,1-9H2,(H,13,14);11,13H,1-10H2/t20?,22-;19?,21-;18?,19-;;;;/m001..../s1. The Morgan fingerprint density at radius 1 is 0.413 bits per heavy atom. The highest BCUT2D eigenvalue weighted by Crippen LogP contribution is 2.56. The Kier molecular flexibility index (Phi) is 43.7. The zero-order chi connectivity index (χ0) is 97.5. The van der Waals surface area contributed by atoms with E-state index in [1.165, 1.54) is 360 Å². The Morgan fingerprint density at radius 2 is 0.783 bits per heavy atom. The van der Waals surface area contributed by atoms with Crippen LogP contribution in [0.1, 0.15) is 453 Å². The molecule has 7 spiro atoms. The van der Waals surface area contributed by atoms with E-state index in [0.717, 1.165) is 111 Å². The van der Waals surface area contributed by atoms with Crippen molar-refractivity contribution in [2.24, 2.45) is 73.4 Å². The molecule has 2 amide bonds. The summed E-state index contributed by atoms with van der Waals surface area (Å²) in [4.78, 5) is 83.7. The van der Waals surface area contributed by atoms with E-state index in [2.05, 4.69) is 29.8 Å². The number of imide groups is 1. The molecule has 1 aliphatic heterocycles. The van der Waals surface area contributed by atoms with E-state index < -0.39 is 18.0 Å². The summed E-state index contributed by atoms with van der Waals surface area (Å²) < 4.78 is 32.0. The van der Waals surface area contributed by atoms with Crippen LogP contribution in [0.25, 0.3) is 0 Å². The van der Waals surface area contributed by atoms with Crippen LogP contribution in [0.3, 0.4) is 0 Å². The van der Waals surface area contributed by atoms with Crippen LogP contribution in [-0.2, 0) is 54.1 Å². The number of aliphatic hydroxyl groups is 1. The molecule has 3 N–H and O–H groups in total. The quantitative estimate of drug-likeness (QED) is 0.0574. The van der Waals surface area contributed by atoms with E-state index in [4.69, 9.17) is 38.6 Å². The van der Waals surface area contributed by atoms with Crippen molar-refractivity contribution in [1.29, 1.82) is 0 Å². The maximum absolute atomic E-state index is 13.3. The molecule has 15 aliphatic rings. The molecule has 6 unspecified atom stereocenters. The summed E-state index contributed by atoms with van der Waals surface area (Å²) in [7, 11) is 4.41. The van der Waals surface area contributed by atoms with Gasteiger partial charge >= 0.3 is 35.9 Å². The number of carboxylic acids is 2. The third-order valence-corrected chi connectivity index (χ3v) is 36.6. The molecule has 3 aromatic rings. The second-order valence-electron chi connectivity index (χ2n) is 46.3. The minimum atomic E-state index is -0.822. The smallest absolute Gasteiger partial charge is 0.416 e. The molecule has 17 heteroatoms. The van der Waals surface area contributed by atoms with Crippen molar-refractivity contribution in [3.8, 4) is 35.2 Å². The molecule has 14 aliphatic carbocycles. The van der Waals surface area contributed by atoms with Gasteiger partial charge in [-0.2, -0.15) is 0 Å². The molecule has 0 bridgehead atoms. The number of carbonyl (C=O) groups excluding carboxylic acids is 5. The minimum Gasteiger partial charge on any atom is -0.493 e. The van der Waals surface area contributed by atoms with E-state index in [9.17, 15) is 38.7 Å². The first kappa shape index (κ1) is 109.